The predicted molar refractivity (Wildman–Crippen MR) is 81.1 cm³/mol. The maximum absolute atomic E-state index is 5.73. The summed E-state index contributed by atoms with van der Waals surface area (Å²) in [6, 6.07) is 9.54. The Balaban J connectivity index is 2.10. The fraction of sp³-hybridized carbons (Fsp3) is 0.333. The molecule has 0 radical (unpaired) electrons. The first-order valence-electron chi connectivity index (χ1n) is 6.38. The van der Waals surface area contributed by atoms with Gasteiger partial charge in [0.25, 0.3) is 0 Å². The van der Waals surface area contributed by atoms with Crippen molar-refractivity contribution in [1.29, 1.82) is 0 Å². The summed E-state index contributed by atoms with van der Waals surface area (Å²) >= 11 is 3.38. The predicted octanol–water partition coefficient (Wildman–Crippen LogP) is 3.95. The van der Waals surface area contributed by atoms with Crippen molar-refractivity contribution >= 4 is 15.9 Å². The zero-order valence-electron chi connectivity index (χ0n) is 11.8. The van der Waals surface area contributed by atoms with Crippen LogP contribution >= 0.6 is 15.9 Å². The summed E-state index contributed by atoms with van der Waals surface area (Å²) in [6.07, 6.45) is 0. The van der Waals surface area contributed by atoms with Crippen LogP contribution in [0, 0.1) is 0 Å². The standard InChI is InChI=1S/C15H17BrN2O2/c1-10(2)15-17-13(16)8-14(18-15)20-9-11-5-4-6-12(7-11)19-3/h4-8,10H,9H2,1-3H3. The van der Waals surface area contributed by atoms with E-state index in [1.807, 2.05) is 38.1 Å². The van der Waals surface area contributed by atoms with Gasteiger partial charge in [0.2, 0.25) is 5.88 Å². The summed E-state index contributed by atoms with van der Waals surface area (Å²) in [5.74, 6) is 2.41. The van der Waals surface area contributed by atoms with Gasteiger partial charge in [0.15, 0.2) is 0 Å². The summed E-state index contributed by atoms with van der Waals surface area (Å²) in [4.78, 5) is 8.72. The van der Waals surface area contributed by atoms with Gasteiger partial charge in [-0.15, -0.1) is 0 Å². The van der Waals surface area contributed by atoms with Crippen molar-refractivity contribution in [2.24, 2.45) is 0 Å². The van der Waals surface area contributed by atoms with E-state index in [0.29, 0.717) is 12.5 Å². The molecule has 2 rings (SSSR count). The first kappa shape index (κ1) is 14.8. The van der Waals surface area contributed by atoms with Crippen molar-refractivity contribution in [3.63, 3.8) is 0 Å². The second kappa shape index (κ2) is 6.70. The van der Waals surface area contributed by atoms with Crippen molar-refractivity contribution in [3.05, 3.63) is 46.3 Å². The minimum Gasteiger partial charge on any atom is -0.497 e. The number of benzene rings is 1. The van der Waals surface area contributed by atoms with Crippen LogP contribution in [-0.2, 0) is 6.61 Å². The van der Waals surface area contributed by atoms with Gasteiger partial charge in [-0.25, -0.2) is 4.98 Å². The molecule has 0 spiro atoms. The van der Waals surface area contributed by atoms with E-state index in [-0.39, 0.29) is 5.92 Å². The molecule has 1 heterocycles. The summed E-state index contributed by atoms with van der Waals surface area (Å²) < 4.78 is 11.6. The van der Waals surface area contributed by atoms with Crippen LogP contribution in [-0.4, -0.2) is 17.1 Å². The van der Waals surface area contributed by atoms with Crippen molar-refractivity contribution in [1.82, 2.24) is 9.97 Å². The average molecular weight is 337 g/mol. The molecule has 4 nitrogen and oxygen atoms in total. The van der Waals surface area contributed by atoms with Crippen molar-refractivity contribution in [2.45, 2.75) is 26.4 Å². The topological polar surface area (TPSA) is 44.2 Å². The van der Waals surface area contributed by atoms with Gasteiger partial charge in [0.1, 0.15) is 22.8 Å². The second-order valence-electron chi connectivity index (χ2n) is 4.68. The first-order valence-corrected chi connectivity index (χ1v) is 7.18. The molecular weight excluding hydrogens is 320 g/mol. The summed E-state index contributed by atoms with van der Waals surface area (Å²) in [6.45, 7) is 4.54. The van der Waals surface area contributed by atoms with E-state index in [1.165, 1.54) is 0 Å². The molecule has 0 aliphatic rings. The van der Waals surface area contributed by atoms with Gasteiger partial charge in [0.05, 0.1) is 7.11 Å². The minimum absolute atomic E-state index is 0.256. The highest BCUT2D eigenvalue weighted by Crippen LogP contribution is 2.20. The molecule has 106 valence electrons. The number of hydrogen-bond donors (Lipinski definition) is 0. The average Bonchev–Trinajstić information content (AvgIpc) is 2.44. The van der Waals surface area contributed by atoms with Gasteiger partial charge in [-0.3, -0.25) is 0 Å². The third kappa shape index (κ3) is 3.93. The van der Waals surface area contributed by atoms with Gasteiger partial charge in [-0.1, -0.05) is 26.0 Å². The Bertz CT molecular complexity index is 588. The molecule has 0 bridgehead atoms. The number of hydrogen-bond acceptors (Lipinski definition) is 4. The molecule has 1 aromatic heterocycles. The lowest BCUT2D eigenvalue weighted by Crippen LogP contribution is -2.03. The Morgan fingerprint density at radius 3 is 2.70 bits per heavy atom. The molecule has 0 saturated heterocycles. The lowest BCUT2D eigenvalue weighted by atomic mass is 10.2. The monoisotopic (exact) mass is 336 g/mol. The Morgan fingerprint density at radius 2 is 2.00 bits per heavy atom. The largest absolute Gasteiger partial charge is 0.497 e. The Hall–Kier alpha value is -1.62. The molecule has 20 heavy (non-hydrogen) atoms. The number of halogens is 1. The highest BCUT2D eigenvalue weighted by atomic mass is 79.9. The summed E-state index contributed by atoms with van der Waals surface area (Å²) in [5.41, 5.74) is 1.03. The van der Waals surface area contributed by atoms with Crippen molar-refractivity contribution < 1.29 is 9.47 Å². The zero-order chi connectivity index (χ0) is 14.5. The molecule has 0 amide bonds. The van der Waals surface area contributed by atoms with Gasteiger partial charge in [0, 0.05) is 12.0 Å². The number of ether oxygens (including phenoxy) is 2. The van der Waals surface area contributed by atoms with Gasteiger partial charge >= 0.3 is 0 Å². The molecule has 0 unspecified atom stereocenters. The Labute approximate surface area is 127 Å². The number of rotatable bonds is 5. The van der Waals surface area contributed by atoms with Crippen LogP contribution in [0.3, 0.4) is 0 Å². The normalized spacial score (nSPS) is 10.7. The zero-order valence-corrected chi connectivity index (χ0v) is 13.3. The smallest absolute Gasteiger partial charge is 0.218 e. The van der Waals surface area contributed by atoms with Crippen molar-refractivity contribution in [3.8, 4) is 11.6 Å². The summed E-state index contributed by atoms with van der Waals surface area (Å²) in [5, 5.41) is 0. The molecule has 0 N–H and O–H groups in total. The molecular formula is C15H17BrN2O2. The molecule has 0 atom stereocenters. The number of methoxy groups -OCH3 is 1. The van der Waals surface area contributed by atoms with E-state index >= 15 is 0 Å². The number of aromatic nitrogens is 2. The lowest BCUT2D eigenvalue weighted by Gasteiger charge is -2.10. The third-order valence-electron chi connectivity index (χ3n) is 2.73. The lowest BCUT2D eigenvalue weighted by molar-refractivity contribution is 0.290. The van der Waals surface area contributed by atoms with Crippen molar-refractivity contribution in [2.75, 3.05) is 7.11 Å². The van der Waals surface area contributed by atoms with E-state index < -0.39 is 0 Å². The van der Waals surface area contributed by atoms with Crippen LogP contribution in [0.25, 0.3) is 0 Å². The maximum atomic E-state index is 5.73. The fourth-order valence-corrected chi connectivity index (χ4v) is 2.04. The molecule has 0 saturated carbocycles. The van der Waals surface area contributed by atoms with E-state index in [0.717, 1.165) is 21.7 Å². The van der Waals surface area contributed by atoms with Gasteiger partial charge < -0.3 is 9.47 Å². The molecule has 0 aliphatic carbocycles. The second-order valence-corrected chi connectivity index (χ2v) is 5.49. The molecule has 2 aromatic rings. The van der Waals surface area contributed by atoms with E-state index in [1.54, 1.807) is 13.2 Å². The van der Waals surface area contributed by atoms with Crippen LogP contribution in [0.4, 0.5) is 0 Å². The molecule has 5 heteroatoms. The molecule has 0 aliphatic heterocycles. The molecule has 1 aromatic carbocycles. The Kier molecular flexibility index (Phi) is 4.95. The SMILES string of the molecule is COc1cccc(COc2cc(Br)nc(C(C)C)n2)c1. The first-order chi connectivity index (χ1) is 9.58. The highest BCUT2D eigenvalue weighted by Gasteiger charge is 2.08. The van der Waals surface area contributed by atoms with Gasteiger partial charge in [-0.2, -0.15) is 4.98 Å². The fourth-order valence-electron chi connectivity index (χ4n) is 1.67. The van der Waals surface area contributed by atoms with Crippen LogP contribution in [0.2, 0.25) is 0 Å². The van der Waals surface area contributed by atoms with Crippen LogP contribution in [0.1, 0.15) is 31.2 Å². The van der Waals surface area contributed by atoms with E-state index in [2.05, 4.69) is 25.9 Å². The van der Waals surface area contributed by atoms with E-state index in [4.69, 9.17) is 9.47 Å². The molecule has 0 fully saturated rings. The van der Waals surface area contributed by atoms with Crippen LogP contribution in [0.5, 0.6) is 11.6 Å². The minimum atomic E-state index is 0.256. The van der Waals surface area contributed by atoms with Crippen LogP contribution in [0.15, 0.2) is 34.9 Å². The highest BCUT2D eigenvalue weighted by molar-refractivity contribution is 9.10. The van der Waals surface area contributed by atoms with Crippen LogP contribution < -0.4 is 9.47 Å². The third-order valence-corrected chi connectivity index (χ3v) is 3.13. The maximum Gasteiger partial charge on any atom is 0.218 e. The Morgan fingerprint density at radius 1 is 1.20 bits per heavy atom. The number of nitrogens with zero attached hydrogens (tertiary/aromatic N) is 2. The van der Waals surface area contributed by atoms with Gasteiger partial charge in [-0.05, 0) is 33.6 Å². The quantitative estimate of drug-likeness (QED) is 0.775. The van der Waals surface area contributed by atoms with E-state index in [9.17, 15) is 0 Å². The summed E-state index contributed by atoms with van der Waals surface area (Å²) in [7, 11) is 1.65.